The zero-order chi connectivity index (χ0) is 20.2. The highest BCUT2D eigenvalue weighted by atomic mass is 16.4. The van der Waals surface area contributed by atoms with Gasteiger partial charge in [-0.3, -0.25) is 9.59 Å². The number of fused-ring (bicyclic) bond motifs is 2. The van der Waals surface area contributed by atoms with Crippen molar-refractivity contribution in [1.82, 2.24) is 24.8 Å². The van der Waals surface area contributed by atoms with E-state index < -0.39 is 0 Å². The van der Waals surface area contributed by atoms with E-state index in [9.17, 15) is 9.59 Å². The van der Waals surface area contributed by atoms with E-state index in [-0.39, 0.29) is 29.3 Å². The van der Waals surface area contributed by atoms with Crippen LogP contribution >= 0.6 is 0 Å². The Morgan fingerprint density at radius 3 is 2.83 bits per heavy atom. The zero-order valence-electron chi connectivity index (χ0n) is 16.9. The van der Waals surface area contributed by atoms with Crippen molar-refractivity contribution in [3.8, 4) is 0 Å². The van der Waals surface area contributed by atoms with Crippen molar-refractivity contribution in [3.63, 3.8) is 0 Å². The van der Waals surface area contributed by atoms with Gasteiger partial charge in [0.05, 0.1) is 17.8 Å². The first kappa shape index (κ1) is 18.4. The first-order chi connectivity index (χ1) is 13.9. The van der Waals surface area contributed by atoms with E-state index in [1.807, 2.05) is 18.0 Å². The van der Waals surface area contributed by atoms with Crippen LogP contribution in [0.3, 0.4) is 0 Å². The number of nitrogens with zero attached hydrogens (tertiary/aromatic N) is 4. The summed E-state index contributed by atoms with van der Waals surface area (Å²) >= 11 is 0. The second-order valence-corrected chi connectivity index (χ2v) is 8.93. The minimum atomic E-state index is -0.131. The molecular weight excluding hydrogens is 370 g/mol. The Balaban J connectivity index is 1.16. The van der Waals surface area contributed by atoms with Gasteiger partial charge in [-0.1, -0.05) is 6.92 Å². The lowest BCUT2D eigenvalue weighted by Crippen LogP contribution is -2.63. The third-order valence-electron chi connectivity index (χ3n) is 6.61. The molecule has 4 heterocycles. The molecule has 5 rings (SSSR count). The Hall–Kier alpha value is -2.64. The number of nitrogens with one attached hydrogen (secondary N) is 1. The third-order valence-corrected chi connectivity index (χ3v) is 6.61. The van der Waals surface area contributed by atoms with Crippen LogP contribution in [0.5, 0.6) is 0 Å². The van der Waals surface area contributed by atoms with E-state index >= 15 is 0 Å². The van der Waals surface area contributed by atoms with Gasteiger partial charge in [-0.2, -0.15) is 0 Å². The molecule has 3 aliphatic rings. The maximum absolute atomic E-state index is 12.6. The van der Waals surface area contributed by atoms with Crippen molar-refractivity contribution >= 4 is 11.8 Å². The Bertz CT molecular complexity index is 942. The van der Waals surface area contributed by atoms with Crippen LogP contribution in [0.15, 0.2) is 23.0 Å². The van der Waals surface area contributed by atoms with Gasteiger partial charge in [0.2, 0.25) is 11.8 Å². The predicted molar refractivity (Wildman–Crippen MR) is 104 cm³/mol. The van der Waals surface area contributed by atoms with E-state index in [0.29, 0.717) is 37.7 Å². The van der Waals surface area contributed by atoms with Crippen LogP contribution < -0.4 is 5.32 Å². The van der Waals surface area contributed by atoms with Crippen molar-refractivity contribution in [2.45, 2.75) is 57.5 Å². The first-order valence-corrected chi connectivity index (χ1v) is 10.5. The Labute approximate surface area is 169 Å². The van der Waals surface area contributed by atoms with Gasteiger partial charge in [0.1, 0.15) is 11.6 Å². The minimum absolute atomic E-state index is 0.0594. The molecule has 2 fully saturated rings. The summed E-state index contributed by atoms with van der Waals surface area (Å²) in [7, 11) is 0. The van der Waals surface area contributed by atoms with Crippen molar-refractivity contribution in [2.24, 2.45) is 11.8 Å². The van der Waals surface area contributed by atoms with Gasteiger partial charge >= 0.3 is 0 Å². The normalized spacial score (nSPS) is 26.3. The minimum Gasteiger partial charge on any atom is -0.446 e. The molecule has 2 aromatic heterocycles. The molecule has 8 heteroatoms. The van der Waals surface area contributed by atoms with E-state index in [1.165, 1.54) is 0 Å². The summed E-state index contributed by atoms with van der Waals surface area (Å²) in [6.45, 7) is 5.34. The SMILES string of the molecule is Cc1cnc(CCCC(=O)N2CC3(CC(NC(=O)[C@@H]4C[C@H]4C)c4nccn43)C2)o1. The summed E-state index contributed by atoms with van der Waals surface area (Å²) in [6, 6.07) is -0.0594. The second kappa shape index (κ2) is 6.71. The second-order valence-electron chi connectivity index (χ2n) is 8.93. The third kappa shape index (κ3) is 3.24. The molecule has 1 N–H and O–H groups in total. The fourth-order valence-corrected chi connectivity index (χ4v) is 4.81. The van der Waals surface area contributed by atoms with Gasteiger partial charge in [0.25, 0.3) is 0 Å². The quantitative estimate of drug-likeness (QED) is 0.804. The maximum atomic E-state index is 12.6. The first-order valence-electron chi connectivity index (χ1n) is 10.5. The Kier molecular flexibility index (Phi) is 4.26. The smallest absolute Gasteiger partial charge is 0.223 e. The summed E-state index contributed by atoms with van der Waals surface area (Å²) in [6.07, 6.45) is 9.17. The van der Waals surface area contributed by atoms with Gasteiger partial charge in [-0.15, -0.1) is 0 Å². The van der Waals surface area contributed by atoms with Crippen molar-refractivity contribution in [1.29, 1.82) is 0 Å². The molecule has 1 aliphatic carbocycles. The summed E-state index contributed by atoms with van der Waals surface area (Å²) in [5, 5.41) is 3.19. The molecule has 2 amide bonds. The number of likely N-dealkylation sites (tertiary alicyclic amines) is 1. The molecular formula is C21H27N5O3. The van der Waals surface area contributed by atoms with Crippen LogP contribution in [-0.2, 0) is 21.5 Å². The van der Waals surface area contributed by atoms with E-state index in [4.69, 9.17) is 4.42 Å². The van der Waals surface area contributed by atoms with Crippen molar-refractivity contribution in [3.05, 3.63) is 36.1 Å². The molecule has 1 unspecified atom stereocenters. The number of imidazole rings is 1. The van der Waals surface area contributed by atoms with Gasteiger partial charge in [-0.25, -0.2) is 9.97 Å². The van der Waals surface area contributed by atoms with Gasteiger partial charge in [0.15, 0.2) is 5.89 Å². The lowest BCUT2D eigenvalue weighted by Gasteiger charge is -2.49. The predicted octanol–water partition coefficient (Wildman–Crippen LogP) is 1.96. The molecule has 0 radical (unpaired) electrons. The number of hydrogen-bond donors (Lipinski definition) is 1. The molecule has 29 heavy (non-hydrogen) atoms. The van der Waals surface area contributed by atoms with Gasteiger partial charge in [-0.05, 0) is 25.7 Å². The zero-order valence-corrected chi connectivity index (χ0v) is 16.9. The summed E-state index contributed by atoms with van der Waals surface area (Å²) < 4.78 is 7.64. The number of rotatable bonds is 6. The highest BCUT2D eigenvalue weighted by Crippen LogP contribution is 2.45. The summed E-state index contributed by atoms with van der Waals surface area (Å²) in [4.78, 5) is 35.6. The number of oxazole rings is 1. The van der Waals surface area contributed by atoms with Crippen molar-refractivity contribution in [2.75, 3.05) is 13.1 Å². The van der Waals surface area contributed by atoms with Crippen LogP contribution in [0.4, 0.5) is 0 Å². The monoisotopic (exact) mass is 397 g/mol. The van der Waals surface area contributed by atoms with Crippen molar-refractivity contribution < 1.29 is 14.0 Å². The fraction of sp³-hybridized carbons (Fsp3) is 0.619. The van der Waals surface area contributed by atoms with E-state index in [0.717, 1.165) is 30.8 Å². The van der Waals surface area contributed by atoms with E-state index in [2.05, 4.69) is 26.8 Å². The summed E-state index contributed by atoms with van der Waals surface area (Å²) in [5.41, 5.74) is -0.131. The molecule has 1 spiro atoms. The maximum Gasteiger partial charge on any atom is 0.223 e. The average Bonchev–Trinajstić information content (AvgIpc) is 3.02. The number of carbonyl (C=O) groups excluding carboxylic acids is 2. The standard InChI is InChI=1S/C21H27N5O3/c1-13-8-15(13)20(28)24-16-9-21(26-7-6-22-19(16)26)11-25(12-21)18(27)5-3-4-17-23-10-14(2)29-17/h6-7,10,13,15-16H,3-5,8-9,11-12H2,1-2H3,(H,24,28)/t13-,15-,16?/m1/s1. The lowest BCUT2D eigenvalue weighted by molar-refractivity contribution is -0.142. The molecule has 3 atom stereocenters. The van der Waals surface area contributed by atoms with Crippen LogP contribution in [-0.4, -0.2) is 44.3 Å². The largest absolute Gasteiger partial charge is 0.446 e. The summed E-state index contributed by atoms with van der Waals surface area (Å²) in [5.74, 6) is 3.36. The molecule has 1 saturated heterocycles. The highest BCUT2D eigenvalue weighted by Gasteiger charge is 2.54. The van der Waals surface area contributed by atoms with Gasteiger partial charge < -0.3 is 19.2 Å². The van der Waals surface area contributed by atoms with Crippen LogP contribution in [0.2, 0.25) is 0 Å². The number of amides is 2. The lowest BCUT2D eigenvalue weighted by atomic mass is 9.85. The Morgan fingerprint density at radius 1 is 1.34 bits per heavy atom. The number of carbonyl (C=O) groups is 2. The van der Waals surface area contributed by atoms with E-state index in [1.54, 1.807) is 12.4 Å². The molecule has 154 valence electrons. The van der Waals surface area contributed by atoms with Gasteiger partial charge in [0, 0.05) is 50.7 Å². The molecule has 0 aromatic carbocycles. The number of hydrogen-bond acceptors (Lipinski definition) is 5. The van der Waals surface area contributed by atoms with Crippen LogP contribution in [0, 0.1) is 18.8 Å². The number of aromatic nitrogens is 3. The molecule has 1 saturated carbocycles. The van der Waals surface area contributed by atoms with Crippen LogP contribution in [0.25, 0.3) is 0 Å². The molecule has 2 aliphatic heterocycles. The Morgan fingerprint density at radius 2 is 2.14 bits per heavy atom. The molecule has 8 nitrogen and oxygen atoms in total. The topological polar surface area (TPSA) is 93.3 Å². The fourth-order valence-electron chi connectivity index (χ4n) is 4.81. The number of aryl methyl sites for hydroxylation is 2. The average molecular weight is 397 g/mol. The molecule has 2 aromatic rings. The highest BCUT2D eigenvalue weighted by molar-refractivity contribution is 5.82. The molecule has 0 bridgehead atoms. The van der Waals surface area contributed by atoms with Crippen LogP contribution in [0.1, 0.15) is 56.1 Å².